The number of aliphatic hydroxyl groups is 1. The van der Waals surface area contributed by atoms with Crippen LogP contribution in [0, 0.1) is 0 Å². The maximum atomic E-state index is 11.4. The van der Waals surface area contributed by atoms with Gasteiger partial charge in [0.2, 0.25) is 0 Å². The normalized spacial score (nSPS) is 20.2. The molecule has 1 aliphatic heterocycles. The third kappa shape index (κ3) is 2.26. The number of hydrogen-bond acceptors (Lipinski definition) is 3. The van der Waals surface area contributed by atoms with E-state index in [2.05, 4.69) is 5.32 Å². The molecule has 0 fully saturated rings. The predicted octanol–water partition coefficient (Wildman–Crippen LogP) is 1.89. The summed E-state index contributed by atoms with van der Waals surface area (Å²) in [6, 6.07) is 5.64. The maximum Gasteiger partial charge on any atom is 0.265 e. The van der Waals surface area contributed by atoms with E-state index in [1.807, 2.05) is 25.1 Å². The molecule has 2 unspecified atom stereocenters. The zero-order valence-electron chi connectivity index (χ0n) is 10.1. The molecule has 92 valence electrons. The van der Waals surface area contributed by atoms with E-state index in [4.69, 9.17) is 4.74 Å². The van der Waals surface area contributed by atoms with Crippen LogP contribution in [0.5, 0.6) is 5.75 Å². The van der Waals surface area contributed by atoms with Crippen molar-refractivity contribution in [2.45, 2.75) is 32.3 Å². The minimum atomic E-state index is -0.466. The van der Waals surface area contributed by atoms with Gasteiger partial charge in [-0.1, -0.05) is 13.0 Å². The third-order valence-corrected chi connectivity index (χ3v) is 3.12. The fourth-order valence-corrected chi connectivity index (χ4v) is 1.94. The average Bonchev–Trinajstić information content (AvgIpc) is 2.32. The second-order valence-corrected chi connectivity index (χ2v) is 4.29. The summed E-state index contributed by atoms with van der Waals surface area (Å²) in [6.07, 6.45) is 0.406. The van der Waals surface area contributed by atoms with Gasteiger partial charge in [0, 0.05) is 12.5 Å². The van der Waals surface area contributed by atoms with Crippen molar-refractivity contribution in [1.82, 2.24) is 0 Å². The Morgan fingerprint density at radius 2 is 2.29 bits per heavy atom. The molecule has 1 amide bonds. The van der Waals surface area contributed by atoms with Gasteiger partial charge in [-0.3, -0.25) is 4.79 Å². The van der Waals surface area contributed by atoms with Gasteiger partial charge in [-0.05, 0) is 31.0 Å². The Morgan fingerprint density at radius 3 is 2.94 bits per heavy atom. The number of anilines is 1. The Balaban J connectivity index is 2.31. The molecule has 0 spiro atoms. The first-order valence-corrected chi connectivity index (χ1v) is 5.88. The van der Waals surface area contributed by atoms with Gasteiger partial charge in [-0.25, -0.2) is 0 Å². The van der Waals surface area contributed by atoms with Crippen LogP contribution < -0.4 is 10.1 Å². The van der Waals surface area contributed by atoms with Gasteiger partial charge in [0.1, 0.15) is 5.75 Å². The van der Waals surface area contributed by atoms with Gasteiger partial charge >= 0.3 is 0 Å². The smallest absolute Gasteiger partial charge is 0.265 e. The van der Waals surface area contributed by atoms with Crippen LogP contribution in [0.4, 0.5) is 5.69 Å². The number of ether oxygens (including phenoxy) is 1. The molecule has 0 saturated heterocycles. The Labute approximate surface area is 101 Å². The summed E-state index contributed by atoms with van der Waals surface area (Å²) in [4.78, 5) is 11.4. The molecular formula is C13H17NO3. The zero-order valence-corrected chi connectivity index (χ0v) is 10.1. The molecule has 2 rings (SSSR count). The molecule has 1 aromatic rings. The van der Waals surface area contributed by atoms with E-state index < -0.39 is 6.10 Å². The molecule has 4 nitrogen and oxygen atoms in total. The lowest BCUT2D eigenvalue weighted by Gasteiger charge is -2.24. The van der Waals surface area contributed by atoms with Crippen LogP contribution >= 0.6 is 0 Å². The number of nitrogens with one attached hydrogen (secondary N) is 1. The van der Waals surface area contributed by atoms with Crippen LogP contribution in [0.15, 0.2) is 18.2 Å². The molecule has 2 N–H and O–H groups in total. The van der Waals surface area contributed by atoms with Crippen LogP contribution in [-0.2, 0) is 4.79 Å². The summed E-state index contributed by atoms with van der Waals surface area (Å²) in [5.74, 6) is 0.679. The van der Waals surface area contributed by atoms with Crippen molar-refractivity contribution < 1.29 is 14.6 Å². The molecule has 0 aromatic heterocycles. The summed E-state index contributed by atoms with van der Waals surface area (Å²) in [5, 5.41) is 12.1. The van der Waals surface area contributed by atoms with Crippen molar-refractivity contribution in [2.24, 2.45) is 0 Å². The van der Waals surface area contributed by atoms with Gasteiger partial charge in [0.05, 0.1) is 5.69 Å². The fraction of sp³-hybridized carbons (Fsp3) is 0.462. The Kier molecular flexibility index (Phi) is 3.33. The van der Waals surface area contributed by atoms with Crippen molar-refractivity contribution in [3.8, 4) is 5.75 Å². The number of amides is 1. The summed E-state index contributed by atoms with van der Waals surface area (Å²) in [7, 11) is 0. The minimum absolute atomic E-state index is 0.122. The van der Waals surface area contributed by atoms with Crippen molar-refractivity contribution in [3.63, 3.8) is 0 Å². The highest BCUT2D eigenvalue weighted by molar-refractivity contribution is 5.97. The Bertz CT molecular complexity index is 427. The third-order valence-electron chi connectivity index (χ3n) is 3.12. The molecule has 0 saturated carbocycles. The number of rotatable bonds is 3. The van der Waals surface area contributed by atoms with E-state index in [-0.39, 0.29) is 18.4 Å². The molecule has 2 atom stereocenters. The molecule has 1 heterocycles. The van der Waals surface area contributed by atoms with E-state index in [1.165, 1.54) is 0 Å². The first-order chi connectivity index (χ1) is 8.15. The Hall–Kier alpha value is -1.55. The van der Waals surface area contributed by atoms with Crippen LogP contribution in [-0.4, -0.2) is 23.7 Å². The van der Waals surface area contributed by atoms with E-state index >= 15 is 0 Å². The van der Waals surface area contributed by atoms with E-state index in [0.717, 1.165) is 12.0 Å². The van der Waals surface area contributed by atoms with Crippen LogP contribution in [0.25, 0.3) is 0 Å². The molecule has 0 radical (unpaired) electrons. The SMILES string of the molecule is CCC(CO)c1ccc2c(c1)OC(C)C(=O)N2. The maximum absolute atomic E-state index is 11.4. The van der Waals surface area contributed by atoms with Crippen molar-refractivity contribution in [1.29, 1.82) is 0 Å². The monoisotopic (exact) mass is 235 g/mol. The fourth-order valence-electron chi connectivity index (χ4n) is 1.94. The molecule has 4 heteroatoms. The summed E-state index contributed by atoms with van der Waals surface area (Å²) in [5.41, 5.74) is 1.74. The lowest BCUT2D eigenvalue weighted by atomic mass is 9.96. The van der Waals surface area contributed by atoms with E-state index in [9.17, 15) is 9.90 Å². The van der Waals surface area contributed by atoms with Crippen molar-refractivity contribution in [3.05, 3.63) is 23.8 Å². The van der Waals surface area contributed by atoms with Crippen molar-refractivity contribution in [2.75, 3.05) is 11.9 Å². The first kappa shape index (κ1) is 11.9. The lowest BCUT2D eigenvalue weighted by molar-refractivity contribution is -0.122. The topological polar surface area (TPSA) is 58.6 Å². The summed E-state index contributed by atoms with van der Waals surface area (Å²) < 4.78 is 5.53. The summed E-state index contributed by atoms with van der Waals surface area (Å²) >= 11 is 0. The zero-order chi connectivity index (χ0) is 12.4. The number of carbonyl (C=O) groups is 1. The number of benzene rings is 1. The predicted molar refractivity (Wildman–Crippen MR) is 65.3 cm³/mol. The van der Waals surface area contributed by atoms with Crippen LogP contribution in [0.1, 0.15) is 31.7 Å². The van der Waals surface area contributed by atoms with Crippen molar-refractivity contribution >= 4 is 11.6 Å². The quantitative estimate of drug-likeness (QED) is 0.841. The van der Waals surface area contributed by atoms with Gasteiger partial charge in [0.15, 0.2) is 6.10 Å². The minimum Gasteiger partial charge on any atom is -0.479 e. The average molecular weight is 235 g/mol. The molecule has 1 aromatic carbocycles. The van der Waals surface area contributed by atoms with Crippen LogP contribution in [0.2, 0.25) is 0 Å². The number of fused-ring (bicyclic) bond motifs is 1. The van der Waals surface area contributed by atoms with Gasteiger partial charge in [-0.2, -0.15) is 0 Å². The molecule has 0 aliphatic carbocycles. The number of hydrogen-bond donors (Lipinski definition) is 2. The van der Waals surface area contributed by atoms with Crippen LogP contribution in [0.3, 0.4) is 0 Å². The second kappa shape index (κ2) is 4.75. The standard InChI is InChI=1S/C13H17NO3/c1-3-9(7-15)10-4-5-11-12(6-10)17-8(2)13(16)14-11/h4-6,8-9,15H,3,7H2,1-2H3,(H,14,16). The van der Waals surface area contributed by atoms with Gasteiger partial charge in [-0.15, -0.1) is 0 Å². The lowest BCUT2D eigenvalue weighted by Crippen LogP contribution is -2.34. The number of carbonyl (C=O) groups excluding carboxylic acids is 1. The van der Waals surface area contributed by atoms with Gasteiger partial charge in [0.25, 0.3) is 5.91 Å². The molecular weight excluding hydrogens is 218 g/mol. The number of aliphatic hydroxyl groups excluding tert-OH is 1. The van der Waals surface area contributed by atoms with E-state index in [0.29, 0.717) is 11.4 Å². The first-order valence-electron chi connectivity index (χ1n) is 5.88. The van der Waals surface area contributed by atoms with E-state index in [1.54, 1.807) is 6.92 Å². The highest BCUT2D eigenvalue weighted by Gasteiger charge is 2.24. The largest absolute Gasteiger partial charge is 0.479 e. The highest BCUT2D eigenvalue weighted by Crippen LogP contribution is 2.33. The second-order valence-electron chi connectivity index (χ2n) is 4.29. The highest BCUT2D eigenvalue weighted by atomic mass is 16.5. The molecule has 1 aliphatic rings. The Morgan fingerprint density at radius 1 is 1.53 bits per heavy atom. The van der Waals surface area contributed by atoms with Gasteiger partial charge < -0.3 is 15.2 Å². The summed E-state index contributed by atoms with van der Waals surface area (Å²) in [6.45, 7) is 3.87. The molecule has 17 heavy (non-hydrogen) atoms. The molecule has 0 bridgehead atoms.